The lowest BCUT2D eigenvalue weighted by molar-refractivity contribution is -0.142. The number of aliphatic hydroxyl groups excluding tert-OH is 1. The largest absolute Gasteiger partial charge is 0.508 e. The molecule has 0 unspecified atom stereocenters. The second-order valence-electron chi connectivity index (χ2n) is 24.1. The maximum atomic E-state index is 15.1. The molecule has 2 fully saturated rings. The summed E-state index contributed by atoms with van der Waals surface area (Å²) in [5.74, 6) is -8.70. The molecule has 11 amide bonds. The number of hydrogen-bond donors (Lipinski definition) is 15. The molecular formula is C66H78N16O13. The molecule has 9 rings (SSSR count). The number of phenolic OH excluding ortho intramolecular Hbond substituents is 1. The number of H-pyrrole nitrogens is 3. The van der Waals surface area contributed by atoms with Gasteiger partial charge in [0.1, 0.15) is 60.1 Å². The molecule has 0 saturated carbocycles. The number of para-hydroxylation sites is 1. The Hall–Kier alpha value is -11.0. The number of rotatable bonds is 31. The zero-order valence-corrected chi connectivity index (χ0v) is 52.3. The van der Waals surface area contributed by atoms with Crippen molar-refractivity contribution < 1.29 is 63.0 Å². The third-order valence-corrected chi connectivity index (χ3v) is 16.6. The van der Waals surface area contributed by atoms with E-state index in [1.807, 2.05) is 56.3 Å². The number of imidazole rings is 2. The fraction of sp³-hybridized carbons (Fsp3) is 0.379. The first-order valence-electron chi connectivity index (χ1n) is 31.3. The Labute approximate surface area is 545 Å². The van der Waals surface area contributed by atoms with Crippen molar-refractivity contribution in [3.05, 3.63) is 150 Å². The molecule has 0 aliphatic carbocycles. The molecule has 9 atom stereocenters. The molecule has 0 spiro atoms. The first-order chi connectivity index (χ1) is 45.7. The van der Waals surface area contributed by atoms with Gasteiger partial charge in [-0.1, -0.05) is 86.6 Å². The van der Waals surface area contributed by atoms with Gasteiger partial charge < -0.3 is 83.6 Å². The summed E-state index contributed by atoms with van der Waals surface area (Å²) in [6, 6.07) is 13.8. The first-order valence-corrected chi connectivity index (χ1v) is 31.3. The number of benzene rings is 4. The molecule has 29 nitrogen and oxygen atoms in total. The van der Waals surface area contributed by atoms with Crippen molar-refractivity contribution in [1.82, 2.24) is 77.7 Å². The van der Waals surface area contributed by atoms with Gasteiger partial charge >= 0.3 is 0 Å². The summed E-state index contributed by atoms with van der Waals surface area (Å²) in [5, 5.41) is 47.4. The fourth-order valence-electron chi connectivity index (χ4n) is 11.7. The standard InChI is InChI=1S/C66H78N16O13/c1-36(2)22-48(59(88)80-53(24-37-14-17-44(84)18-15-37)66(95)82-21-7-12-55(82)65(94)71-32-56(67)85)75-60(89)49(25-38-13-16-39-8-3-4-9-40(39)23-38)76-62(91)52(28-43-31-69-35-73-43)79-64(93)54(33-83)81-61(90)50(26-41-29-70-46-11-6-5-10-45(41)46)77-63(92)51(27-42-30-68-34-72-42)78-58(87)47-19-20-57(86)74-47/h3-6,8-11,13-18,23,29-31,34-36,47-55,70,83-84H,7,12,19-22,24-28,32-33H2,1-2H3,(H2,67,85)(H,68,72)(H,69,73)(H,71,94)(H,74,86)(H,75,89)(H,76,91)(H,77,92)(H,78,87)(H,79,93)(H,80,88)(H,81,90)/t47-,48-,49+,50-,51-,52-,53-,54-,55-/m0/s1. The molecule has 0 radical (unpaired) electrons. The van der Waals surface area contributed by atoms with Crippen LogP contribution in [0.2, 0.25) is 0 Å². The number of hydrogen-bond acceptors (Lipinski definition) is 15. The highest BCUT2D eigenvalue weighted by molar-refractivity contribution is 6.00. The van der Waals surface area contributed by atoms with Crippen molar-refractivity contribution in [2.75, 3.05) is 19.7 Å². The number of carbonyl (C=O) groups excluding carboxylic acids is 11. The number of nitrogens with zero attached hydrogens (tertiary/aromatic N) is 3. The Bertz CT molecular complexity index is 3890. The molecule has 5 heterocycles. The molecule has 7 aromatic rings. The maximum Gasteiger partial charge on any atom is 0.246 e. The van der Waals surface area contributed by atoms with Crippen LogP contribution in [0.15, 0.2) is 122 Å². The van der Waals surface area contributed by atoms with Crippen LogP contribution in [0.25, 0.3) is 21.7 Å². The van der Waals surface area contributed by atoms with Crippen LogP contribution in [0.4, 0.5) is 0 Å². The van der Waals surface area contributed by atoms with Gasteiger partial charge in [0.05, 0.1) is 37.2 Å². The van der Waals surface area contributed by atoms with E-state index in [9.17, 15) is 53.4 Å². The monoisotopic (exact) mass is 1300 g/mol. The summed E-state index contributed by atoms with van der Waals surface area (Å²) < 4.78 is 0. The molecule has 29 heteroatoms. The van der Waals surface area contributed by atoms with Crippen molar-refractivity contribution >= 4 is 86.7 Å². The summed E-state index contributed by atoms with van der Waals surface area (Å²) in [6.07, 6.45) is 7.49. The number of nitrogens with two attached hydrogens (primary N) is 1. The maximum absolute atomic E-state index is 15.1. The zero-order chi connectivity index (χ0) is 67.7. The quantitative estimate of drug-likeness (QED) is 0.0255. The molecule has 0 bridgehead atoms. The minimum absolute atomic E-state index is 0.0259. The van der Waals surface area contributed by atoms with Crippen LogP contribution in [-0.4, -0.2) is 179 Å². The topological polar surface area (TPSA) is 439 Å². The lowest BCUT2D eigenvalue weighted by Gasteiger charge is -2.31. The van der Waals surface area contributed by atoms with E-state index in [2.05, 4.69) is 72.8 Å². The number of nitrogens with one attached hydrogen (secondary N) is 12. The SMILES string of the molecule is CC(C)C[C@H](NC(=O)[C@@H](Cc1ccc2ccccc2c1)NC(=O)[C@H](Cc1c[nH]cn1)NC(=O)[C@H](CO)NC(=O)[C@H](Cc1c[nH]c2ccccc12)NC(=O)[C@H](Cc1c[nH]cn1)NC(=O)[C@@H]1CCC(=O)N1)C(=O)N[C@@H](Cc1ccc(O)cc1)C(=O)N1CCC[C@H]1C(=O)NCC(N)=O. The average molecular weight is 1300 g/mol. The summed E-state index contributed by atoms with van der Waals surface area (Å²) >= 11 is 0. The van der Waals surface area contributed by atoms with Gasteiger partial charge in [0.2, 0.25) is 65.0 Å². The number of amides is 11. The van der Waals surface area contributed by atoms with Crippen LogP contribution in [0.5, 0.6) is 5.75 Å². The van der Waals surface area contributed by atoms with Crippen molar-refractivity contribution in [1.29, 1.82) is 0 Å². The third kappa shape index (κ3) is 18.6. The number of aliphatic hydroxyl groups is 1. The molecule has 2 aliphatic heterocycles. The van der Waals surface area contributed by atoms with Crippen LogP contribution in [0, 0.1) is 5.92 Å². The van der Waals surface area contributed by atoms with Crippen LogP contribution >= 0.6 is 0 Å². The Morgan fingerprint density at radius 3 is 1.76 bits per heavy atom. The minimum atomic E-state index is -1.78. The van der Waals surface area contributed by atoms with Gasteiger partial charge in [-0.05, 0) is 77.3 Å². The number of aromatic amines is 3. The molecule has 2 aliphatic rings. The number of aromatic nitrogens is 5. The highest BCUT2D eigenvalue weighted by atomic mass is 16.3. The van der Waals surface area contributed by atoms with Gasteiger partial charge in [-0.15, -0.1) is 0 Å². The third-order valence-electron chi connectivity index (χ3n) is 16.6. The van der Waals surface area contributed by atoms with E-state index in [0.29, 0.717) is 39.7 Å². The number of fused-ring (bicyclic) bond motifs is 2. The molecule has 2 saturated heterocycles. The van der Waals surface area contributed by atoms with Gasteiger partial charge in [0.25, 0.3) is 0 Å². The van der Waals surface area contributed by atoms with E-state index < -0.39 is 127 Å². The summed E-state index contributed by atoms with van der Waals surface area (Å²) in [6.45, 7) is 2.28. The molecular weight excluding hydrogens is 1220 g/mol. The Kier molecular flexibility index (Phi) is 23.1. The highest BCUT2D eigenvalue weighted by Crippen LogP contribution is 2.24. The van der Waals surface area contributed by atoms with Gasteiger partial charge in [0, 0.05) is 74.6 Å². The van der Waals surface area contributed by atoms with E-state index in [1.165, 1.54) is 42.1 Å². The molecule has 4 aromatic carbocycles. The van der Waals surface area contributed by atoms with Gasteiger partial charge in [-0.25, -0.2) is 9.97 Å². The predicted octanol–water partition coefficient (Wildman–Crippen LogP) is -0.711. The first kappa shape index (κ1) is 68.4. The van der Waals surface area contributed by atoms with E-state index in [-0.39, 0.29) is 87.6 Å². The fourth-order valence-corrected chi connectivity index (χ4v) is 11.7. The molecule has 16 N–H and O–H groups in total. The highest BCUT2D eigenvalue weighted by Gasteiger charge is 2.40. The number of aromatic hydroxyl groups is 1. The molecule has 95 heavy (non-hydrogen) atoms. The predicted molar refractivity (Wildman–Crippen MR) is 344 cm³/mol. The van der Waals surface area contributed by atoms with Crippen molar-refractivity contribution in [3.63, 3.8) is 0 Å². The second kappa shape index (κ2) is 32.1. The summed E-state index contributed by atoms with van der Waals surface area (Å²) in [7, 11) is 0. The lowest BCUT2D eigenvalue weighted by Crippen LogP contribution is -2.62. The number of phenols is 1. The van der Waals surface area contributed by atoms with Crippen molar-refractivity contribution in [2.24, 2.45) is 11.7 Å². The van der Waals surface area contributed by atoms with Crippen LogP contribution in [0.3, 0.4) is 0 Å². The van der Waals surface area contributed by atoms with Crippen molar-refractivity contribution in [3.8, 4) is 5.75 Å². The Balaban J connectivity index is 0.962. The molecule has 3 aromatic heterocycles. The molecule has 500 valence electrons. The number of likely N-dealkylation sites (tertiary alicyclic amines) is 1. The van der Waals surface area contributed by atoms with Crippen LogP contribution < -0.4 is 53.6 Å². The smallest absolute Gasteiger partial charge is 0.246 e. The summed E-state index contributed by atoms with van der Waals surface area (Å²) in [4.78, 5) is 172. The zero-order valence-electron chi connectivity index (χ0n) is 52.3. The van der Waals surface area contributed by atoms with E-state index >= 15 is 9.59 Å². The van der Waals surface area contributed by atoms with Crippen LogP contribution in [0.1, 0.15) is 74.0 Å². The normalized spacial score (nSPS) is 16.7. The second-order valence-corrected chi connectivity index (χ2v) is 24.1. The van der Waals surface area contributed by atoms with Crippen LogP contribution in [-0.2, 0) is 84.8 Å². The van der Waals surface area contributed by atoms with Gasteiger partial charge in [-0.3, -0.25) is 52.7 Å². The van der Waals surface area contributed by atoms with Gasteiger partial charge in [0.15, 0.2) is 0 Å². The number of carbonyl (C=O) groups is 11. The average Bonchev–Trinajstić information content (AvgIpc) is 1.85. The minimum Gasteiger partial charge on any atom is -0.508 e. The summed E-state index contributed by atoms with van der Waals surface area (Å²) in [5.41, 5.74) is 8.34. The van der Waals surface area contributed by atoms with E-state index in [4.69, 9.17) is 5.73 Å². The Morgan fingerprint density at radius 2 is 1.15 bits per heavy atom. The Morgan fingerprint density at radius 1 is 0.600 bits per heavy atom. The van der Waals surface area contributed by atoms with Gasteiger partial charge in [-0.2, -0.15) is 0 Å². The van der Waals surface area contributed by atoms with Crippen molar-refractivity contribution in [2.45, 2.75) is 132 Å². The van der Waals surface area contributed by atoms with E-state index in [1.54, 1.807) is 42.6 Å². The number of primary amides is 1. The lowest BCUT2D eigenvalue weighted by atomic mass is 9.98. The van der Waals surface area contributed by atoms with E-state index in [0.717, 1.165) is 10.8 Å².